The standard InChI is InChI=1S/C13H18N2O2/c1-10-4-5-11(9-16)8-15(10)13(17)12-3-2-6-14-7-12/h2-3,6-7,10-11,16H,4-5,8-9H2,1H3. The first-order valence-electron chi connectivity index (χ1n) is 6.04. The molecule has 0 aromatic carbocycles. The number of piperidine rings is 1. The minimum Gasteiger partial charge on any atom is -0.396 e. The highest BCUT2D eigenvalue weighted by atomic mass is 16.3. The van der Waals surface area contributed by atoms with Crippen molar-refractivity contribution in [3.63, 3.8) is 0 Å². The quantitative estimate of drug-likeness (QED) is 0.839. The lowest BCUT2D eigenvalue weighted by molar-refractivity contribution is 0.0488. The molecule has 2 unspecified atom stereocenters. The van der Waals surface area contributed by atoms with Crippen molar-refractivity contribution in [1.29, 1.82) is 0 Å². The summed E-state index contributed by atoms with van der Waals surface area (Å²) in [6.45, 7) is 2.86. The fraction of sp³-hybridized carbons (Fsp3) is 0.538. The van der Waals surface area contributed by atoms with Gasteiger partial charge in [-0.1, -0.05) is 0 Å². The predicted octanol–water partition coefficient (Wildman–Crippen LogP) is 1.31. The van der Waals surface area contributed by atoms with Gasteiger partial charge < -0.3 is 10.0 Å². The van der Waals surface area contributed by atoms with Crippen LogP contribution >= 0.6 is 0 Å². The molecule has 1 aromatic heterocycles. The second-order valence-electron chi connectivity index (χ2n) is 4.67. The zero-order valence-corrected chi connectivity index (χ0v) is 10.0. The molecule has 92 valence electrons. The van der Waals surface area contributed by atoms with E-state index in [1.165, 1.54) is 0 Å². The maximum atomic E-state index is 12.3. The van der Waals surface area contributed by atoms with Crippen molar-refractivity contribution in [1.82, 2.24) is 9.88 Å². The topological polar surface area (TPSA) is 53.4 Å². The highest BCUT2D eigenvalue weighted by Crippen LogP contribution is 2.23. The Morgan fingerprint density at radius 3 is 3.06 bits per heavy atom. The molecule has 0 bridgehead atoms. The number of pyridine rings is 1. The first-order chi connectivity index (χ1) is 8.22. The summed E-state index contributed by atoms with van der Waals surface area (Å²) in [4.78, 5) is 18.1. The van der Waals surface area contributed by atoms with E-state index in [1.54, 1.807) is 24.5 Å². The summed E-state index contributed by atoms with van der Waals surface area (Å²) < 4.78 is 0. The average Bonchev–Trinajstić information content (AvgIpc) is 2.39. The Kier molecular flexibility index (Phi) is 3.74. The van der Waals surface area contributed by atoms with Crippen LogP contribution in [0.2, 0.25) is 0 Å². The van der Waals surface area contributed by atoms with Crippen molar-refractivity contribution >= 4 is 5.91 Å². The predicted molar refractivity (Wildman–Crippen MR) is 64.5 cm³/mol. The van der Waals surface area contributed by atoms with Crippen LogP contribution in [0.4, 0.5) is 0 Å². The first-order valence-corrected chi connectivity index (χ1v) is 6.04. The van der Waals surface area contributed by atoms with Gasteiger partial charge in [-0.15, -0.1) is 0 Å². The summed E-state index contributed by atoms with van der Waals surface area (Å²) >= 11 is 0. The monoisotopic (exact) mass is 234 g/mol. The van der Waals surface area contributed by atoms with E-state index >= 15 is 0 Å². The van der Waals surface area contributed by atoms with Gasteiger partial charge in [-0.05, 0) is 37.8 Å². The van der Waals surface area contributed by atoms with Crippen LogP contribution in [-0.4, -0.2) is 40.1 Å². The summed E-state index contributed by atoms with van der Waals surface area (Å²) in [5, 5.41) is 9.20. The van der Waals surface area contributed by atoms with Crippen LogP contribution in [-0.2, 0) is 0 Å². The SMILES string of the molecule is CC1CCC(CO)CN1C(=O)c1cccnc1. The van der Waals surface area contributed by atoms with Gasteiger partial charge in [0.15, 0.2) is 0 Å². The van der Waals surface area contributed by atoms with Gasteiger partial charge in [0.1, 0.15) is 0 Å². The number of hydrogen-bond donors (Lipinski definition) is 1. The van der Waals surface area contributed by atoms with Gasteiger partial charge in [0, 0.05) is 31.6 Å². The van der Waals surface area contributed by atoms with Crippen molar-refractivity contribution in [2.75, 3.05) is 13.2 Å². The molecule has 1 fully saturated rings. The molecule has 4 heteroatoms. The second kappa shape index (κ2) is 5.27. The summed E-state index contributed by atoms with van der Waals surface area (Å²) in [7, 11) is 0. The summed E-state index contributed by atoms with van der Waals surface area (Å²) in [5.74, 6) is 0.232. The van der Waals surface area contributed by atoms with Gasteiger partial charge in [0.25, 0.3) is 5.91 Å². The van der Waals surface area contributed by atoms with E-state index in [0.29, 0.717) is 12.1 Å². The molecule has 2 rings (SSSR count). The molecule has 1 amide bonds. The van der Waals surface area contributed by atoms with Crippen molar-refractivity contribution in [3.8, 4) is 0 Å². The fourth-order valence-corrected chi connectivity index (χ4v) is 2.27. The molecule has 0 aliphatic carbocycles. The summed E-state index contributed by atoms with van der Waals surface area (Å²) in [6, 6.07) is 3.79. The minimum absolute atomic E-state index is 0.0174. The molecule has 2 atom stereocenters. The lowest BCUT2D eigenvalue weighted by Crippen LogP contribution is -2.46. The highest BCUT2D eigenvalue weighted by molar-refractivity contribution is 5.94. The maximum absolute atomic E-state index is 12.3. The number of rotatable bonds is 2. The van der Waals surface area contributed by atoms with Crippen LogP contribution in [0.3, 0.4) is 0 Å². The van der Waals surface area contributed by atoms with Crippen LogP contribution < -0.4 is 0 Å². The van der Waals surface area contributed by atoms with E-state index < -0.39 is 0 Å². The molecule has 1 aromatic rings. The fourth-order valence-electron chi connectivity index (χ4n) is 2.27. The molecular formula is C13H18N2O2. The number of aliphatic hydroxyl groups is 1. The van der Waals surface area contributed by atoms with Crippen LogP contribution in [0.5, 0.6) is 0 Å². The molecule has 0 radical (unpaired) electrons. The number of nitrogens with zero attached hydrogens (tertiary/aromatic N) is 2. The molecule has 2 heterocycles. The number of aliphatic hydroxyl groups excluding tert-OH is 1. The molecule has 1 saturated heterocycles. The van der Waals surface area contributed by atoms with E-state index in [2.05, 4.69) is 11.9 Å². The Balaban J connectivity index is 2.12. The zero-order valence-electron chi connectivity index (χ0n) is 10.0. The van der Waals surface area contributed by atoms with E-state index in [-0.39, 0.29) is 24.5 Å². The third-order valence-corrected chi connectivity index (χ3v) is 3.41. The lowest BCUT2D eigenvalue weighted by Gasteiger charge is -2.37. The van der Waals surface area contributed by atoms with Crippen LogP contribution in [0, 0.1) is 5.92 Å². The number of likely N-dealkylation sites (tertiary alicyclic amines) is 1. The molecule has 0 saturated carbocycles. The van der Waals surface area contributed by atoms with Crippen molar-refractivity contribution < 1.29 is 9.90 Å². The molecule has 4 nitrogen and oxygen atoms in total. The van der Waals surface area contributed by atoms with Crippen molar-refractivity contribution in [2.24, 2.45) is 5.92 Å². The van der Waals surface area contributed by atoms with Gasteiger partial charge in [-0.3, -0.25) is 9.78 Å². The zero-order chi connectivity index (χ0) is 12.3. The van der Waals surface area contributed by atoms with Gasteiger partial charge in [0.2, 0.25) is 0 Å². The summed E-state index contributed by atoms with van der Waals surface area (Å²) in [6.07, 6.45) is 5.20. The molecule has 1 aliphatic heterocycles. The first kappa shape index (κ1) is 12.0. The normalized spacial score (nSPS) is 24.7. The molecule has 1 aliphatic rings. The smallest absolute Gasteiger partial charge is 0.255 e. The molecule has 1 N–H and O–H groups in total. The largest absolute Gasteiger partial charge is 0.396 e. The van der Waals surface area contributed by atoms with E-state index in [0.717, 1.165) is 12.8 Å². The van der Waals surface area contributed by atoms with Gasteiger partial charge in [-0.2, -0.15) is 0 Å². The van der Waals surface area contributed by atoms with Crippen molar-refractivity contribution in [3.05, 3.63) is 30.1 Å². The van der Waals surface area contributed by atoms with Crippen molar-refractivity contribution in [2.45, 2.75) is 25.8 Å². The van der Waals surface area contributed by atoms with Crippen LogP contribution in [0.25, 0.3) is 0 Å². The Bertz CT molecular complexity index is 380. The third-order valence-electron chi connectivity index (χ3n) is 3.41. The van der Waals surface area contributed by atoms with E-state index in [9.17, 15) is 9.90 Å². The average molecular weight is 234 g/mol. The minimum atomic E-state index is 0.0174. The number of amides is 1. The van der Waals surface area contributed by atoms with E-state index in [4.69, 9.17) is 0 Å². The molecule has 0 spiro atoms. The Hall–Kier alpha value is -1.42. The summed E-state index contributed by atoms with van der Waals surface area (Å²) in [5.41, 5.74) is 0.623. The number of aromatic nitrogens is 1. The number of hydrogen-bond acceptors (Lipinski definition) is 3. The maximum Gasteiger partial charge on any atom is 0.255 e. The van der Waals surface area contributed by atoms with Gasteiger partial charge >= 0.3 is 0 Å². The number of carbonyl (C=O) groups excluding carboxylic acids is 1. The number of carbonyl (C=O) groups is 1. The Morgan fingerprint density at radius 1 is 1.59 bits per heavy atom. The second-order valence-corrected chi connectivity index (χ2v) is 4.67. The molecule has 17 heavy (non-hydrogen) atoms. The lowest BCUT2D eigenvalue weighted by atomic mass is 9.93. The highest BCUT2D eigenvalue weighted by Gasteiger charge is 2.29. The van der Waals surface area contributed by atoms with Crippen LogP contribution in [0.1, 0.15) is 30.1 Å². The van der Waals surface area contributed by atoms with Crippen LogP contribution in [0.15, 0.2) is 24.5 Å². The molecular weight excluding hydrogens is 216 g/mol. The third kappa shape index (κ3) is 2.64. The Morgan fingerprint density at radius 2 is 2.41 bits per heavy atom. The van der Waals surface area contributed by atoms with Gasteiger partial charge in [0.05, 0.1) is 5.56 Å². The van der Waals surface area contributed by atoms with E-state index in [1.807, 2.05) is 4.90 Å². The van der Waals surface area contributed by atoms with Gasteiger partial charge in [-0.25, -0.2) is 0 Å². The Labute approximate surface area is 101 Å².